The quantitative estimate of drug-likeness (QED) is 0.928. The molecule has 2 aromatic rings. The highest BCUT2D eigenvalue weighted by Gasteiger charge is 2.27. The number of aryl methyl sites for hydroxylation is 2. The van der Waals surface area contributed by atoms with Crippen molar-refractivity contribution in [2.75, 3.05) is 32.7 Å². The molecular formula is C20H26N2O3. The number of carbonyl (C=O) groups excluding carboxylic acids is 1. The summed E-state index contributed by atoms with van der Waals surface area (Å²) in [6.07, 6.45) is -0.496. The van der Waals surface area contributed by atoms with E-state index in [0.29, 0.717) is 31.0 Å². The lowest BCUT2D eigenvalue weighted by Gasteiger charge is -2.35. The Morgan fingerprint density at radius 1 is 1.08 bits per heavy atom. The topological polar surface area (TPSA) is 56.9 Å². The molecular weight excluding hydrogens is 316 g/mol. The first-order chi connectivity index (χ1) is 12.0. The number of hydrogen-bond donors (Lipinski definition) is 1. The van der Waals surface area contributed by atoms with Gasteiger partial charge in [0.05, 0.1) is 11.7 Å². The molecule has 0 bridgehead atoms. The van der Waals surface area contributed by atoms with Crippen LogP contribution in [0.2, 0.25) is 0 Å². The molecule has 3 rings (SSSR count). The Morgan fingerprint density at radius 3 is 2.28 bits per heavy atom. The summed E-state index contributed by atoms with van der Waals surface area (Å²) in [6.45, 7) is 9.14. The monoisotopic (exact) mass is 342 g/mol. The van der Waals surface area contributed by atoms with Crippen LogP contribution in [0.15, 0.2) is 34.7 Å². The smallest absolute Gasteiger partial charge is 0.257 e. The Balaban J connectivity index is 1.57. The van der Waals surface area contributed by atoms with Gasteiger partial charge in [0.1, 0.15) is 11.5 Å². The number of β-amino-alcohol motifs (C(OH)–C–C–N with tert-alkyl or cyclic N) is 1. The molecule has 0 saturated carbocycles. The number of aliphatic hydroxyl groups is 1. The third-order valence-electron chi connectivity index (χ3n) is 5.05. The first-order valence-corrected chi connectivity index (χ1v) is 8.78. The summed E-state index contributed by atoms with van der Waals surface area (Å²) < 4.78 is 5.59. The van der Waals surface area contributed by atoms with Gasteiger partial charge in [0.2, 0.25) is 0 Å². The first-order valence-electron chi connectivity index (χ1n) is 8.78. The van der Waals surface area contributed by atoms with Crippen LogP contribution in [0.4, 0.5) is 0 Å². The fourth-order valence-electron chi connectivity index (χ4n) is 3.43. The van der Waals surface area contributed by atoms with E-state index in [4.69, 9.17) is 4.42 Å². The van der Waals surface area contributed by atoms with Gasteiger partial charge < -0.3 is 14.4 Å². The third kappa shape index (κ3) is 3.78. The van der Waals surface area contributed by atoms with Crippen molar-refractivity contribution in [3.63, 3.8) is 0 Å². The van der Waals surface area contributed by atoms with E-state index < -0.39 is 6.10 Å². The van der Waals surface area contributed by atoms with Gasteiger partial charge in [-0.05, 0) is 26.3 Å². The molecule has 1 aliphatic rings. The maximum absolute atomic E-state index is 12.8. The average Bonchev–Trinajstić information content (AvgIpc) is 2.88. The van der Waals surface area contributed by atoms with Crippen LogP contribution in [0, 0.1) is 20.8 Å². The van der Waals surface area contributed by atoms with Gasteiger partial charge in [-0.2, -0.15) is 0 Å². The minimum Gasteiger partial charge on any atom is -0.466 e. The Hall–Kier alpha value is -2.11. The molecule has 0 aliphatic carbocycles. The Morgan fingerprint density at radius 2 is 1.72 bits per heavy atom. The maximum atomic E-state index is 12.8. The highest BCUT2D eigenvalue weighted by molar-refractivity contribution is 5.97. The van der Waals surface area contributed by atoms with E-state index in [9.17, 15) is 9.90 Å². The predicted molar refractivity (Wildman–Crippen MR) is 96.7 cm³/mol. The molecule has 1 saturated heterocycles. The van der Waals surface area contributed by atoms with Gasteiger partial charge in [-0.1, -0.05) is 30.3 Å². The maximum Gasteiger partial charge on any atom is 0.257 e. The van der Waals surface area contributed by atoms with E-state index in [1.807, 2.05) is 56.0 Å². The number of aliphatic hydroxyl groups excluding tert-OH is 1. The summed E-state index contributed by atoms with van der Waals surface area (Å²) in [5.41, 5.74) is 2.57. The van der Waals surface area contributed by atoms with Crippen molar-refractivity contribution in [2.24, 2.45) is 0 Å². The van der Waals surface area contributed by atoms with Crippen LogP contribution in [0.5, 0.6) is 0 Å². The minimum atomic E-state index is -0.496. The Labute approximate surface area is 148 Å². The van der Waals surface area contributed by atoms with E-state index in [-0.39, 0.29) is 5.91 Å². The van der Waals surface area contributed by atoms with Crippen molar-refractivity contribution >= 4 is 5.91 Å². The van der Waals surface area contributed by atoms with Crippen molar-refractivity contribution in [1.29, 1.82) is 0 Å². The van der Waals surface area contributed by atoms with Crippen molar-refractivity contribution in [1.82, 2.24) is 9.80 Å². The molecule has 1 aromatic carbocycles. The van der Waals surface area contributed by atoms with Crippen molar-refractivity contribution in [2.45, 2.75) is 26.9 Å². The lowest BCUT2D eigenvalue weighted by Crippen LogP contribution is -2.49. The number of amides is 1. The lowest BCUT2D eigenvalue weighted by molar-refractivity contribution is 0.0526. The highest BCUT2D eigenvalue weighted by atomic mass is 16.3. The van der Waals surface area contributed by atoms with Gasteiger partial charge in [0.25, 0.3) is 5.91 Å². The standard InChI is InChI=1S/C20H26N2O3/c1-14-15(2)25-16(3)19(14)20(24)22-11-9-21(10-12-22)13-18(23)17-7-5-4-6-8-17/h4-8,18,23H,9-13H2,1-3H3. The number of benzene rings is 1. The molecule has 134 valence electrons. The van der Waals surface area contributed by atoms with Crippen LogP contribution in [-0.2, 0) is 0 Å². The Bertz CT molecular complexity index is 731. The number of furan rings is 1. The molecule has 1 aliphatic heterocycles. The third-order valence-corrected chi connectivity index (χ3v) is 5.05. The average molecular weight is 342 g/mol. The second-order valence-corrected chi connectivity index (χ2v) is 6.73. The number of rotatable bonds is 4. The SMILES string of the molecule is Cc1oc(C)c(C(=O)N2CCN(CC(O)c3ccccc3)CC2)c1C. The summed E-state index contributed by atoms with van der Waals surface area (Å²) >= 11 is 0. The number of hydrogen-bond acceptors (Lipinski definition) is 4. The zero-order chi connectivity index (χ0) is 18.0. The van der Waals surface area contributed by atoms with E-state index >= 15 is 0 Å². The lowest BCUT2D eigenvalue weighted by atomic mass is 10.1. The van der Waals surface area contributed by atoms with Crippen molar-refractivity contribution in [3.8, 4) is 0 Å². The molecule has 1 aromatic heterocycles. The highest BCUT2D eigenvalue weighted by Crippen LogP contribution is 2.23. The van der Waals surface area contributed by atoms with Gasteiger partial charge in [-0.25, -0.2) is 0 Å². The van der Waals surface area contributed by atoms with Crippen LogP contribution >= 0.6 is 0 Å². The molecule has 1 fully saturated rings. The van der Waals surface area contributed by atoms with Crippen LogP contribution in [-0.4, -0.2) is 53.5 Å². The number of carbonyl (C=O) groups is 1. The fraction of sp³-hybridized carbons (Fsp3) is 0.450. The second-order valence-electron chi connectivity index (χ2n) is 6.73. The van der Waals surface area contributed by atoms with Gasteiger partial charge >= 0.3 is 0 Å². The van der Waals surface area contributed by atoms with E-state index in [1.54, 1.807) is 0 Å². The first kappa shape index (κ1) is 17.7. The molecule has 1 atom stereocenters. The van der Waals surface area contributed by atoms with Crippen LogP contribution in [0.1, 0.15) is 39.1 Å². The molecule has 1 N–H and O–H groups in total. The van der Waals surface area contributed by atoms with Crippen LogP contribution in [0.25, 0.3) is 0 Å². The van der Waals surface area contributed by atoms with Gasteiger partial charge in [0.15, 0.2) is 0 Å². The molecule has 2 heterocycles. The summed E-state index contributed by atoms with van der Waals surface area (Å²) in [4.78, 5) is 16.9. The normalized spacial score (nSPS) is 16.9. The summed E-state index contributed by atoms with van der Waals surface area (Å²) in [7, 11) is 0. The van der Waals surface area contributed by atoms with E-state index in [0.717, 1.165) is 30.0 Å². The molecule has 5 heteroatoms. The predicted octanol–water partition coefficient (Wildman–Crippen LogP) is 2.70. The second kappa shape index (κ2) is 7.42. The molecule has 1 amide bonds. The fourth-order valence-corrected chi connectivity index (χ4v) is 3.43. The zero-order valence-electron chi connectivity index (χ0n) is 15.2. The number of piperazine rings is 1. The summed E-state index contributed by atoms with van der Waals surface area (Å²) in [5.74, 6) is 1.56. The van der Waals surface area contributed by atoms with Gasteiger partial charge in [0, 0.05) is 38.3 Å². The van der Waals surface area contributed by atoms with Crippen LogP contribution in [0.3, 0.4) is 0 Å². The molecule has 25 heavy (non-hydrogen) atoms. The molecule has 1 unspecified atom stereocenters. The largest absolute Gasteiger partial charge is 0.466 e. The van der Waals surface area contributed by atoms with E-state index in [2.05, 4.69) is 4.90 Å². The van der Waals surface area contributed by atoms with Crippen molar-refractivity contribution in [3.05, 3.63) is 58.5 Å². The van der Waals surface area contributed by atoms with Gasteiger partial charge in [-0.15, -0.1) is 0 Å². The summed E-state index contributed by atoms with van der Waals surface area (Å²) in [5, 5.41) is 10.4. The van der Waals surface area contributed by atoms with Gasteiger partial charge in [-0.3, -0.25) is 9.69 Å². The van der Waals surface area contributed by atoms with Crippen LogP contribution < -0.4 is 0 Å². The minimum absolute atomic E-state index is 0.0510. The molecule has 5 nitrogen and oxygen atoms in total. The van der Waals surface area contributed by atoms with E-state index in [1.165, 1.54) is 0 Å². The molecule has 0 radical (unpaired) electrons. The zero-order valence-corrected chi connectivity index (χ0v) is 15.2. The Kier molecular flexibility index (Phi) is 5.25. The summed E-state index contributed by atoms with van der Waals surface area (Å²) in [6, 6.07) is 9.70. The van der Waals surface area contributed by atoms with Crippen molar-refractivity contribution < 1.29 is 14.3 Å². The molecule has 0 spiro atoms. The number of nitrogens with zero attached hydrogens (tertiary/aromatic N) is 2.